The van der Waals surface area contributed by atoms with Crippen molar-refractivity contribution in [3.05, 3.63) is 0 Å². The van der Waals surface area contributed by atoms with E-state index >= 15 is 0 Å². The van der Waals surface area contributed by atoms with E-state index in [-0.39, 0.29) is 0 Å². The van der Waals surface area contributed by atoms with Gasteiger partial charge in [0.2, 0.25) is 0 Å². The number of hydrogen-bond acceptors (Lipinski definition) is 1. The first kappa shape index (κ1) is 8.06. The van der Waals surface area contributed by atoms with Crippen LogP contribution in [0.25, 0.3) is 0 Å². The van der Waals surface area contributed by atoms with Crippen molar-refractivity contribution in [2.45, 2.75) is 51.6 Å². The third kappa shape index (κ3) is 1.07. The van der Waals surface area contributed by atoms with E-state index in [0.717, 1.165) is 0 Å². The molecule has 1 aliphatic heterocycles. The summed E-state index contributed by atoms with van der Waals surface area (Å²) in [5, 5.41) is 0. The summed E-state index contributed by atoms with van der Waals surface area (Å²) in [5.41, 5.74) is 0.840. The Morgan fingerprint density at radius 1 is 0.900 bits per heavy atom. The average Bonchev–Trinajstić information content (AvgIpc) is 1.95. The van der Waals surface area contributed by atoms with Crippen molar-refractivity contribution in [1.29, 1.82) is 0 Å². The second-order valence-corrected chi connectivity index (χ2v) is 4.68. The van der Waals surface area contributed by atoms with Crippen LogP contribution in [0.3, 0.4) is 0 Å². The maximum atomic E-state index is 2.49. The Balaban J connectivity index is 2.77. The quantitative estimate of drug-likeness (QED) is 0.500. The first-order valence-corrected chi connectivity index (χ1v) is 4.10. The predicted molar refractivity (Wildman–Crippen MR) is 45.2 cm³/mol. The molecule has 1 nitrogen and oxygen atoms in total. The van der Waals surface area contributed by atoms with Gasteiger partial charge in [-0.1, -0.05) is 0 Å². The molecule has 1 heterocycles. The van der Waals surface area contributed by atoms with E-state index in [2.05, 4.69) is 39.6 Å². The number of hydrogen-bond donors (Lipinski definition) is 0. The third-order valence-electron chi connectivity index (χ3n) is 3.16. The van der Waals surface area contributed by atoms with Crippen molar-refractivity contribution in [3.63, 3.8) is 0 Å². The molecule has 1 fully saturated rings. The van der Waals surface area contributed by atoms with E-state index in [0.29, 0.717) is 11.1 Å². The lowest BCUT2D eigenvalue weighted by Gasteiger charge is -2.36. The van der Waals surface area contributed by atoms with Gasteiger partial charge in [-0.05, 0) is 47.6 Å². The number of nitrogens with zero attached hydrogens (tertiary/aromatic N) is 1. The van der Waals surface area contributed by atoms with Crippen LogP contribution in [-0.4, -0.2) is 23.0 Å². The van der Waals surface area contributed by atoms with Gasteiger partial charge in [0.1, 0.15) is 0 Å². The Labute approximate surface area is 64.4 Å². The molecular formula is C9H19N. The van der Waals surface area contributed by atoms with Crippen LogP contribution in [0.2, 0.25) is 0 Å². The molecule has 0 bridgehead atoms. The number of likely N-dealkylation sites (tertiary alicyclic amines) is 1. The van der Waals surface area contributed by atoms with Crippen LogP contribution in [0.15, 0.2) is 0 Å². The van der Waals surface area contributed by atoms with Crippen molar-refractivity contribution in [2.24, 2.45) is 0 Å². The first-order chi connectivity index (χ1) is 4.36. The number of rotatable bonds is 0. The lowest BCUT2D eigenvalue weighted by molar-refractivity contribution is 0.115. The Morgan fingerprint density at radius 3 is 1.30 bits per heavy atom. The zero-order chi connectivity index (χ0) is 7.99. The molecule has 1 heteroatoms. The van der Waals surface area contributed by atoms with Gasteiger partial charge in [0.15, 0.2) is 0 Å². The fourth-order valence-electron chi connectivity index (χ4n) is 1.77. The van der Waals surface area contributed by atoms with Crippen LogP contribution in [0.5, 0.6) is 0 Å². The standard InChI is InChI=1S/C9H19N/c1-8(2)6-7-9(3,4)10(8)5/h6-7H2,1-5H3. The monoisotopic (exact) mass is 141 g/mol. The second-order valence-electron chi connectivity index (χ2n) is 4.68. The van der Waals surface area contributed by atoms with E-state index in [4.69, 9.17) is 0 Å². The molecule has 1 rings (SSSR count). The molecule has 0 aliphatic carbocycles. The van der Waals surface area contributed by atoms with Gasteiger partial charge < -0.3 is 0 Å². The minimum absolute atomic E-state index is 0.420. The van der Waals surface area contributed by atoms with Gasteiger partial charge in [0, 0.05) is 11.1 Å². The molecule has 0 unspecified atom stereocenters. The summed E-state index contributed by atoms with van der Waals surface area (Å²) in [6.45, 7) is 9.28. The summed E-state index contributed by atoms with van der Waals surface area (Å²) in [4.78, 5) is 2.49. The van der Waals surface area contributed by atoms with E-state index < -0.39 is 0 Å². The van der Waals surface area contributed by atoms with E-state index in [1.807, 2.05) is 0 Å². The normalized spacial score (nSPS) is 30.9. The lowest BCUT2D eigenvalue weighted by Crippen LogP contribution is -2.44. The van der Waals surface area contributed by atoms with Crippen molar-refractivity contribution in [3.8, 4) is 0 Å². The van der Waals surface area contributed by atoms with Gasteiger partial charge in [-0.2, -0.15) is 0 Å². The van der Waals surface area contributed by atoms with Crippen LogP contribution < -0.4 is 0 Å². The summed E-state index contributed by atoms with van der Waals surface area (Å²) in [6, 6.07) is 0. The van der Waals surface area contributed by atoms with Crippen LogP contribution in [-0.2, 0) is 0 Å². The lowest BCUT2D eigenvalue weighted by atomic mass is 10.0. The fraction of sp³-hybridized carbons (Fsp3) is 1.00. The van der Waals surface area contributed by atoms with E-state index in [1.54, 1.807) is 0 Å². The smallest absolute Gasteiger partial charge is 0.0156 e. The summed E-state index contributed by atoms with van der Waals surface area (Å²) in [6.07, 6.45) is 2.66. The molecule has 0 aromatic rings. The minimum Gasteiger partial charge on any atom is -0.296 e. The largest absolute Gasteiger partial charge is 0.296 e. The van der Waals surface area contributed by atoms with E-state index in [9.17, 15) is 0 Å². The van der Waals surface area contributed by atoms with Crippen molar-refractivity contribution in [1.82, 2.24) is 4.90 Å². The van der Waals surface area contributed by atoms with Gasteiger partial charge in [0.25, 0.3) is 0 Å². The molecule has 0 aromatic carbocycles. The van der Waals surface area contributed by atoms with Gasteiger partial charge in [-0.15, -0.1) is 0 Å². The SMILES string of the molecule is CN1C(C)(C)CCC1(C)C. The van der Waals surface area contributed by atoms with Crippen LogP contribution in [0, 0.1) is 0 Å². The summed E-state index contributed by atoms with van der Waals surface area (Å²) >= 11 is 0. The van der Waals surface area contributed by atoms with Gasteiger partial charge in [-0.25, -0.2) is 0 Å². The minimum atomic E-state index is 0.420. The fourth-order valence-corrected chi connectivity index (χ4v) is 1.77. The maximum Gasteiger partial charge on any atom is 0.0156 e. The van der Waals surface area contributed by atoms with Crippen molar-refractivity contribution >= 4 is 0 Å². The summed E-state index contributed by atoms with van der Waals surface area (Å²) in [5.74, 6) is 0. The van der Waals surface area contributed by atoms with Crippen LogP contribution in [0.4, 0.5) is 0 Å². The third-order valence-corrected chi connectivity index (χ3v) is 3.16. The molecule has 1 saturated heterocycles. The molecule has 0 N–H and O–H groups in total. The average molecular weight is 141 g/mol. The predicted octanol–water partition coefficient (Wildman–Crippen LogP) is 2.27. The molecule has 0 atom stereocenters. The second kappa shape index (κ2) is 1.97. The highest BCUT2D eigenvalue weighted by Gasteiger charge is 2.41. The Hall–Kier alpha value is -0.0400. The topological polar surface area (TPSA) is 3.24 Å². The van der Waals surface area contributed by atoms with Crippen molar-refractivity contribution in [2.75, 3.05) is 7.05 Å². The van der Waals surface area contributed by atoms with Crippen LogP contribution in [0.1, 0.15) is 40.5 Å². The summed E-state index contributed by atoms with van der Waals surface area (Å²) < 4.78 is 0. The van der Waals surface area contributed by atoms with Crippen molar-refractivity contribution < 1.29 is 0 Å². The highest BCUT2D eigenvalue weighted by Crippen LogP contribution is 2.38. The molecule has 0 spiro atoms. The maximum absolute atomic E-state index is 2.49. The van der Waals surface area contributed by atoms with Crippen LogP contribution >= 0.6 is 0 Å². The Bertz CT molecular complexity index is 120. The van der Waals surface area contributed by atoms with Gasteiger partial charge in [0.05, 0.1) is 0 Å². The zero-order valence-corrected chi connectivity index (χ0v) is 7.86. The first-order valence-electron chi connectivity index (χ1n) is 4.10. The molecule has 1 aliphatic rings. The van der Waals surface area contributed by atoms with Gasteiger partial charge in [-0.3, -0.25) is 4.90 Å². The molecule has 0 radical (unpaired) electrons. The highest BCUT2D eigenvalue weighted by molar-refractivity contribution is 4.98. The molecular weight excluding hydrogens is 122 g/mol. The van der Waals surface area contributed by atoms with Gasteiger partial charge >= 0.3 is 0 Å². The Kier molecular flexibility index (Phi) is 1.59. The molecule has 60 valence electrons. The molecule has 0 amide bonds. The van der Waals surface area contributed by atoms with E-state index in [1.165, 1.54) is 12.8 Å². The molecule has 0 aromatic heterocycles. The molecule has 10 heavy (non-hydrogen) atoms. The summed E-state index contributed by atoms with van der Waals surface area (Å²) in [7, 11) is 2.23. The Morgan fingerprint density at radius 2 is 1.20 bits per heavy atom. The highest BCUT2D eigenvalue weighted by atomic mass is 15.2. The zero-order valence-electron chi connectivity index (χ0n) is 7.86. The molecule has 0 saturated carbocycles.